The zero-order valence-corrected chi connectivity index (χ0v) is 24.3. The monoisotopic (exact) mass is 551 g/mol. The second-order valence-corrected chi connectivity index (χ2v) is 11.3. The molecule has 1 aliphatic heterocycles. The maximum absolute atomic E-state index is 6.45. The van der Waals surface area contributed by atoms with Crippen LogP contribution in [0.2, 0.25) is 0 Å². The summed E-state index contributed by atoms with van der Waals surface area (Å²) in [5, 5.41) is 0. The smallest absolute Gasteiger partial charge is 0.457 e. The highest BCUT2D eigenvalue weighted by molar-refractivity contribution is 5.72. The summed E-state index contributed by atoms with van der Waals surface area (Å²) >= 11 is 0. The van der Waals surface area contributed by atoms with Crippen LogP contribution < -0.4 is 9.47 Å². The lowest BCUT2D eigenvalue weighted by atomic mass is 9.85. The van der Waals surface area contributed by atoms with Gasteiger partial charge in [-0.15, -0.1) is 0 Å². The zero-order chi connectivity index (χ0) is 29.1. The molecule has 0 bridgehead atoms. The first-order valence-electron chi connectivity index (χ1n) is 14.0. The van der Waals surface area contributed by atoms with Gasteiger partial charge in [-0.05, 0) is 82.8 Å². The molecule has 0 radical (unpaired) electrons. The Hall–Kier alpha value is -5.25. The molecule has 1 aromatic heterocycles. The van der Waals surface area contributed by atoms with E-state index < -0.39 is 0 Å². The average Bonchev–Trinajstić information content (AvgIpc) is 3.44. The van der Waals surface area contributed by atoms with E-state index in [2.05, 4.69) is 63.2 Å². The summed E-state index contributed by atoms with van der Waals surface area (Å²) < 4.78 is 16.4. The van der Waals surface area contributed by atoms with Gasteiger partial charge in [-0.3, -0.25) is 4.98 Å². The van der Waals surface area contributed by atoms with E-state index in [4.69, 9.17) is 14.5 Å². The van der Waals surface area contributed by atoms with E-state index in [-0.39, 0.29) is 5.41 Å². The molecule has 0 atom stereocenters. The minimum absolute atomic E-state index is 0.0778. The largest absolute Gasteiger partial charge is 0.495 e. The minimum atomic E-state index is -0.0778. The lowest BCUT2D eigenvalue weighted by Gasteiger charge is -2.21. The molecule has 0 amide bonds. The van der Waals surface area contributed by atoms with Gasteiger partial charge < -0.3 is 9.47 Å². The molecule has 0 spiro atoms. The molecule has 6 rings (SSSR count). The number of pyridine rings is 1. The molecule has 5 aromatic rings. The van der Waals surface area contributed by atoms with Crippen LogP contribution in [0.15, 0.2) is 128 Å². The third-order valence-corrected chi connectivity index (χ3v) is 7.01. The topological polar surface area (TPSA) is 37.4 Å². The number of hydrogen-bond acceptors (Lipinski definition) is 3. The lowest BCUT2D eigenvalue weighted by molar-refractivity contribution is -0.429. The van der Waals surface area contributed by atoms with Crippen molar-refractivity contribution < 1.29 is 18.6 Å². The van der Waals surface area contributed by atoms with Gasteiger partial charge in [0.15, 0.2) is 7.05 Å². The fourth-order valence-electron chi connectivity index (χ4n) is 4.75. The molecule has 206 valence electrons. The molecule has 0 aliphatic carbocycles. The van der Waals surface area contributed by atoms with Crippen LogP contribution >= 0.6 is 0 Å². The Morgan fingerprint density at radius 2 is 1.31 bits per heavy atom. The van der Waals surface area contributed by atoms with Gasteiger partial charge in [-0.2, -0.15) is 0 Å². The van der Waals surface area contributed by atoms with Gasteiger partial charge in [-0.25, -0.2) is 0 Å². The van der Waals surface area contributed by atoms with Gasteiger partial charge in [0.1, 0.15) is 23.0 Å². The first-order chi connectivity index (χ1) is 20.3. The SMILES string of the molecule is C[N+]1=C=[N+](c2cccc(Oc3cc(-c4cc(-c5cccc(Oc6ccccc6)c5)ccn4)cc(C(C)(C)C)c3)c2)C=C1. The molecule has 4 aromatic carbocycles. The van der Waals surface area contributed by atoms with Crippen LogP contribution in [0.25, 0.3) is 22.4 Å². The molecule has 5 heteroatoms. The second-order valence-electron chi connectivity index (χ2n) is 11.3. The number of hydrogen-bond donors (Lipinski definition) is 0. The standard InChI is InChI=1S/C37H33N3O2/c1-37(2,3)30-20-29(22-35(24-30)42-34-15-9-11-31(25-34)40-19-18-39(4)26-40)36-23-28(16-17-38-36)27-10-8-14-33(21-27)41-32-12-6-5-7-13-32/h5-25H,1-4H3/q+2. The molecule has 0 unspecified atom stereocenters. The Morgan fingerprint density at radius 3 is 2.07 bits per heavy atom. The summed E-state index contributed by atoms with van der Waals surface area (Å²) in [4.78, 5) is 4.76. The fourth-order valence-corrected chi connectivity index (χ4v) is 4.75. The number of aromatic nitrogens is 1. The minimum Gasteiger partial charge on any atom is -0.457 e. The van der Waals surface area contributed by atoms with Gasteiger partial charge in [0.05, 0.1) is 11.8 Å². The van der Waals surface area contributed by atoms with Crippen molar-refractivity contribution in [3.63, 3.8) is 0 Å². The quantitative estimate of drug-likeness (QED) is 0.189. The van der Waals surface area contributed by atoms with Gasteiger partial charge in [0, 0.05) is 17.8 Å². The van der Waals surface area contributed by atoms with Crippen LogP contribution in [0, 0.1) is 0 Å². The van der Waals surface area contributed by atoms with E-state index in [0.29, 0.717) is 0 Å². The number of ether oxygens (including phenoxy) is 2. The van der Waals surface area contributed by atoms with Crippen molar-refractivity contribution in [3.05, 3.63) is 133 Å². The first kappa shape index (κ1) is 26.9. The van der Waals surface area contributed by atoms with Crippen molar-refractivity contribution in [1.29, 1.82) is 0 Å². The third-order valence-electron chi connectivity index (χ3n) is 7.01. The van der Waals surface area contributed by atoms with Crippen molar-refractivity contribution in [2.24, 2.45) is 0 Å². The van der Waals surface area contributed by atoms with Gasteiger partial charge in [0.25, 0.3) is 6.20 Å². The molecule has 0 fully saturated rings. The normalized spacial score (nSPS) is 12.6. The highest BCUT2D eigenvalue weighted by atomic mass is 16.5. The summed E-state index contributed by atoms with van der Waals surface area (Å²) in [5.41, 5.74) is 6.06. The van der Waals surface area contributed by atoms with Crippen LogP contribution in [-0.2, 0) is 5.41 Å². The van der Waals surface area contributed by atoms with E-state index in [1.807, 2.05) is 108 Å². The van der Waals surface area contributed by atoms with E-state index in [9.17, 15) is 0 Å². The van der Waals surface area contributed by atoms with Crippen LogP contribution in [0.5, 0.6) is 23.0 Å². The maximum Gasteiger partial charge on any atom is 0.495 e. The van der Waals surface area contributed by atoms with Crippen LogP contribution in [0.3, 0.4) is 0 Å². The van der Waals surface area contributed by atoms with Crippen molar-refractivity contribution in [1.82, 2.24) is 4.98 Å². The number of nitrogens with zero attached hydrogens (tertiary/aromatic N) is 3. The molecule has 0 N–H and O–H groups in total. The highest BCUT2D eigenvalue weighted by Crippen LogP contribution is 2.36. The molecule has 0 saturated carbocycles. The molecular weight excluding hydrogens is 518 g/mol. The van der Waals surface area contributed by atoms with E-state index in [0.717, 1.165) is 51.1 Å². The highest BCUT2D eigenvalue weighted by Gasteiger charge is 2.19. The molecule has 1 aliphatic rings. The van der Waals surface area contributed by atoms with Crippen LogP contribution in [-0.4, -0.2) is 27.2 Å². The summed E-state index contributed by atoms with van der Waals surface area (Å²) in [7, 11) is 1.95. The van der Waals surface area contributed by atoms with Crippen LogP contribution in [0.1, 0.15) is 26.3 Å². The van der Waals surface area contributed by atoms with Crippen molar-refractivity contribution in [2.45, 2.75) is 26.2 Å². The molecule has 42 heavy (non-hydrogen) atoms. The molecule has 5 nitrogen and oxygen atoms in total. The Balaban J connectivity index is 1.33. The van der Waals surface area contributed by atoms with Crippen molar-refractivity contribution >= 4 is 11.7 Å². The number of para-hydroxylation sites is 1. The Labute approximate surface area is 247 Å². The lowest BCUT2D eigenvalue weighted by Crippen LogP contribution is -2.11. The molecule has 0 saturated heterocycles. The fraction of sp³-hybridized carbons (Fsp3) is 0.135. The maximum atomic E-state index is 6.45. The van der Waals surface area contributed by atoms with E-state index >= 15 is 0 Å². The first-order valence-corrected chi connectivity index (χ1v) is 14.0. The second kappa shape index (κ2) is 11.3. The predicted molar refractivity (Wildman–Crippen MR) is 167 cm³/mol. The Morgan fingerprint density at radius 1 is 0.619 bits per heavy atom. The van der Waals surface area contributed by atoms with Gasteiger partial charge >= 0.3 is 6.01 Å². The predicted octanol–water partition coefficient (Wildman–Crippen LogP) is 9.24. The molecule has 2 heterocycles. The number of rotatable bonds is 7. The summed E-state index contributed by atoms with van der Waals surface area (Å²) in [6.45, 7) is 6.63. The summed E-state index contributed by atoms with van der Waals surface area (Å²) in [6, 6.07) is 39.7. The van der Waals surface area contributed by atoms with Crippen molar-refractivity contribution in [2.75, 3.05) is 7.05 Å². The van der Waals surface area contributed by atoms with Gasteiger partial charge in [-0.1, -0.05) is 66.3 Å². The molecular formula is C37H33N3O2+2. The number of benzene rings is 4. The van der Waals surface area contributed by atoms with Crippen molar-refractivity contribution in [3.8, 4) is 45.4 Å². The van der Waals surface area contributed by atoms with Crippen LogP contribution in [0.4, 0.5) is 5.69 Å². The van der Waals surface area contributed by atoms with Gasteiger partial charge in [0.2, 0.25) is 11.9 Å². The Bertz CT molecular complexity index is 1860. The zero-order valence-electron chi connectivity index (χ0n) is 24.3. The average molecular weight is 552 g/mol. The summed E-state index contributed by atoms with van der Waals surface area (Å²) in [6.07, 6.45) is 5.79. The van der Waals surface area contributed by atoms with E-state index in [1.165, 1.54) is 5.56 Å². The third kappa shape index (κ3) is 6.22. The van der Waals surface area contributed by atoms with E-state index in [1.54, 1.807) is 0 Å². The Kier molecular flexibility index (Phi) is 7.26. The summed E-state index contributed by atoms with van der Waals surface area (Å²) in [5.74, 6) is 3.12.